The van der Waals surface area contributed by atoms with Gasteiger partial charge >= 0.3 is 0 Å². The van der Waals surface area contributed by atoms with E-state index in [0.29, 0.717) is 6.17 Å². The van der Waals surface area contributed by atoms with Crippen molar-refractivity contribution in [3.05, 3.63) is 12.4 Å². The molecule has 1 atom stereocenters. The molecule has 0 saturated carbocycles. The highest BCUT2D eigenvalue weighted by Crippen LogP contribution is 2.24. The highest BCUT2D eigenvalue weighted by Gasteiger charge is 2.24. The summed E-state index contributed by atoms with van der Waals surface area (Å²) < 4.78 is 0. The molecule has 256 valence electrons. The Balaban J connectivity index is 2.00. The van der Waals surface area contributed by atoms with Gasteiger partial charge in [0.25, 0.3) is 0 Å². The van der Waals surface area contributed by atoms with E-state index in [-0.39, 0.29) is 0 Å². The average Bonchev–Trinajstić information content (AvgIpc) is 3.40. The zero-order valence-corrected chi connectivity index (χ0v) is 30.4. The van der Waals surface area contributed by atoms with E-state index >= 15 is 0 Å². The lowest BCUT2D eigenvalue weighted by Gasteiger charge is -2.33. The van der Waals surface area contributed by atoms with Crippen molar-refractivity contribution in [2.24, 2.45) is 0 Å². The Hall–Kier alpha value is -0.660. The molecule has 0 aromatic carbocycles. The van der Waals surface area contributed by atoms with Crippen molar-refractivity contribution >= 4 is 0 Å². The number of hydrogen-bond acceptors (Lipinski definition) is 2. The first-order valence-corrected chi connectivity index (χ1v) is 20.5. The summed E-state index contributed by atoms with van der Waals surface area (Å²) in [6.45, 7) is 9.46. The van der Waals surface area contributed by atoms with Gasteiger partial charge in [-0.3, -0.25) is 0 Å². The van der Waals surface area contributed by atoms with Crippen LogP contribution < -0.4 is 0 Å². The van der Waals surface area contributed by atoms with Gasteiger partial charge in [-0.15, -0.1) is 0 Å². The predicted molar refractivity (Wildman–Crippen MR) is 196 cm³/mol. The molecule has 0 aromatic rings. The second-order valence-electron chi connectivity index (χ2n) is 14.3. The Morgan fingerprint density at radius 3 is 0.884 bits per heavy atom. The van der Waals surface area contributed by atoms with Crippen molar-refractivity contribution in [3.8, 4) is 0 Å². The highest BCUT2D eigenvalue weighted by atomic mass is 15.4. The third-order valence-corrected chi connectivity index (χ3v) is 10.1. The second-order valence-corrected chi connectivity index (χ2v) is 14.3. The standard InChI is InChI=1S/C41H82N2/c1-4-7-10-12-14-16-18-20-21-22-23-24-26-28-30-32-34-36-41-42(37-9-6-3)39-40-43(41)38-35-33-31-29-27-25-19-17-15-13-11-8-5-2/h39-41H,4-38H2,1-3H3. The van der Waals surface area contributed by atoms with E-state index in [1.165, 1.54) is 225 Å². The monoisotopic (exact) mass is 603 g/mol. The summed E-state index contributed by atoms with van der Waals surface area (Å²) in [6, 6.07) is 0. The van der Waals surface area contributed by atoms with Crippen molar-refractivity contribution in [2.75, 3.05) is 13.1 Å². The molecule has 0 radical (unpaired) electrons. The van der Waals surface area contributed by atoms with Crippen molar-refractivity contribution in [2.45, 2.75) is 239 Å². The van der Waals surface area contributed by atoms with E-state index in [4.69, 9.17) is 0 Å². The van der Waals surface area contributed by atoms with Crippen LogP contribution in [-0.2, 0) is 0 Å². The molecule has 0 saturated heterocycles. The lowest BCUT2D eigenvalue weighted by molar-refractivity contribution is 0.136. The molecule has 0 aromatic heterocycles. The fraction of sp³-hybridized carbons (Fsp3) is 0.951. The van der Waals surface area contributed by atoms with Crippen LogP contribution in [0.1, 0.15) is 233 Å². The number of rotatable bonds is 35. The molecule has 0 amide bonds. The minimum Gasteiger partial charge on any atom is -0.356 e. The molecule has 1 rings (SSSR count). The molecule has 0 bridgehead atoms. The van der Waals surface area contributed by atoms with Gasteiger partial charge in [0.1, 0.15) is 6.17 Å². The van der Waals surface area contributed by atoms with E-state index in [0.717, 1.165) is 0 Å². The van der Waals surface area contributed by atoms with Crippen molar-refractivity contribution in [1.82, 2.24) is 9.80 Å². The average molecular weight is 603 g/mol. The van der Waals surface area contributed by atoms with Crippen molar-refractivity contribution in [1.29, 1.82) is 0 Å². The first-order valence-electron chi connectivity index (χ1n) is 20.5. The summed E-state index contributed by atoms with van der Waals surface area (Å²) in [5.41, 5.74) is 0. The van der Waals surface area contributed by atoms with Gasteiger partial charge in [0, 0.05) is 25.5 Å². The maximum absolute atomic E-state index is 2.70. The Labute approximate surface area is 273 Å². The van der Waals surface area contributed by atoms with Crippen LogP contribution in [-0.4, -0.2) is 29.1 Å². The van der Waals surface area contributed by atoms with Crippen LogP contribution in [0.3, 0.4) is 0 Å². The summed E-state index contributed by atoms with van der Waals surface area (Å²) in [7, 11) is 0. The van der Waals surface area contributed by atoms with Crippen LogP contribution in [0.25, 0.3) is 0 Å². The lowest BCUT2D eigenvalue weighted by Crippen LogP contribution is -2.39. The first-order chi connectivity index (χ1) is 21.3. The predicted octanol–water partition coefficient (Wildman–Crippen LogP) is 14.3. The minimum atomic E-state index is 0.639. The molecule has 0 fully saturated rings. The van der Waals surface area contributed by atoms with Gasteiger partial charge in [-0.1, -0.05) is 207 Å². The van der Waals surface area contributed by atoms with E-state index in [9.17, 15) is 0 Å². The second kappa shape index (κ2) is 32.7. The highest BCUT2D eigenvalue weighted by molar-refractivity contribution is 4.96. The van der Waals surface area contributed by atoms with Crippen molar-refractivity contribution in [3.63, 3.8) is 0 Å². The first kappa shape index (κ1) is 40.4. The molecule has 0 N–H and O–H groups in total. The van der Waals surface area contributed by atoms with Gasteiger partial charge < -0.3 is 9.80 Å². The molecule has 1 aliphatic heterocycles. The van der Waals surface area contributed by atoms with Gasteiger partial charge in [0.05, 0.1) is 0 Å². The van der Waals surface area contributed by atoms with Crippen LogP contribution in [0.2, 0.25) is 0 Å². The van der Waals surface area contributed by atoms with Gasteiger partial charge in [0.15, 0.2) is 0 Å². The van der Waals surface area contributed by atoms with Crippen LogP contribution in [0.15, 0.2) is 12.4 Å². The van der Waals surface area contributed by atoms with Crippen LogP contribution >= 0.6 is 0 Å². The van der Waals surface area contributed by atoms with Crippen LogP contribution in [0.5, 0.6) is 0 Å². The topological polar surface area (TPSA) is 6.48 Å². The Morgan fingerprint density at radius 2 is 0.558 bits per heavy atom. The van der Waals surface area contributed by atoms with Gasteiger partial charge in [0.2, 0.25) is 0 Å². The Kier molecular flexibility index (Phi) is 30.7. The summed E-state index contributed by atoms with van der Waals surface area (Å²) in [4.78, 5) is 5.36. The molecule has 43 heavy (non-hydrogen) atoms. The van der Waals surface area contributed by atoms with Crippen LogP contribution in [0.4, 0.5) is 0 Å². The molecule has 1 aliphatic rings. The fourth-order valence-electron chi connectivity index (χ4n) is 7.04. The molecular weight excluding hydrogens is 520 g/mol. The van der Waals surface area contributed by atoms with Gasteiger partial charge in [-0.05, 0) is 25.7 Å². The van der Waals surface area contributed by atoms with E-state index in [1.54, 1.807) is 0 Å². The summed E-state index contributed by atoms with van der Waals surface area (Å²) in [5, 5.41) is 0. The molecule has 0 spiro atoms. The van der Waals surface area contributed by atoms with E-state index in [2.05, 4.69) is 43.0 Å². The Bertz CT molecular complexity index is 558. The molecule has 0 aliphatic carbocycles. The van der Waals surface area contributed by atoms with E-state index < -0.39 is 0 Å². The summed E-state index contributed by atoms with van der Waals surface area (Å²) in [5.74, 6) is 0. The molecule has 1 heterocycles. The number of hydrogen-bond donors (Lipinski definition) is 0. The Morgan fingerprint density at radius 1 is 0.302 bits per heavy atom. The normalized spacial score (nSPS) is 14.9. The zero-order valence-electron chi connectivity index (χ0n) is 30.4. The van der Waals surface area contributed by atoms with Crippen molar-refractivity contribution < 1.29 is 0 Å². The smallest absolute Gasteiger partial charge is 0.101 e. The maximum Gasteiger partial charge on any atom is 0.101 e. The number of nitrogens with zero attached hydrogens (tertiary/aromatic N) is 2. The largest absolute Gasteiger partial charge is 0.356 e. The van der Waals surface area contributed by atoms with Gasteiger partial charge in [-0.25, -0.2) is 0 Å². The third kappa shape index (κ3) is 25.2. The SMILES string of the molecule is CCCCCCCCCCCCCCCCCCCC1N(CCCC)C=CN1CCCCCCCCCCCCCCC. The summed E-state index contributed by atoms with van der Waals surface area (Å²) in [6.07, 6.45) is 53.0. The molecule has 2 nitrogen and oxygen atoms in total. The lowest BCUT2D eigenvalue weighted by atomic mass is 10.0. The molecular formula is C41H82N2. The fourth-order valence-corrected chi connectivity index (χ4v) is 7.04. The minimum absolute atomic E-state index is 0.639. The van der Waals surface area contributed by atoms with Crippen LogP contribution in [0, 0.1) is 0 Å². The van der Waals surface area contributed by atoms with E-state index in [1.807, 2.05) is 0 Å². The van der Waals surface area contributed by atoms with Gasteiger partial charge in [-0.2, -0.15) is 0 Å². The maximum atomic E-state index is 2.70. The number of unbranched alkanes of at least 4 members (excludes halogenated alkanes) is 29. The molecule has 2 heteroatoms. The molecule has 1 unspecified atom stereocenters. The zero-order chi connectivity index (χ0) is 30.9. The quantitative estimate of drug-likeness (QED) is 0.0666. The summed E-state index contributed by atoms with van der Waals surface area (Å²) >= 11 is 0. The third-order valence-electron chi connectivity index (χ3n) is 10.1.